The summed E-state index contributed by atoms with van der Waals surface area (Å²) in [6.45, 7) is 0.603. The molecule has 2 aromatic heterocycles. The van der Waals surface area contributed by atoms with Crippen molar-refractivity contribution >= 4 is 16.7 Å². The second kappa shape index (κ2) is 3.37. The van der Waals surface area contributed by atoms with Gasteiger partial charge in [0, 0.05) is 6.20 Å². The zero-order valence-corrected chi connectivity index (χ0v) is 8.59. The summed E-state index contributed by atoms with van der Waals surface area (Å²) in [5.74, 6) is 0.879. The smallest absolute Gasteiger partial charge is 0.129 e. The number of imidazole rings is 1. The SMILES string of the molecule is Nc1cnn(Cc2nc3ccccc3[nH]2)c1. The summed E-state index contributed by atoms with van der Waals surface area (Å²) in [5.41, 5.74) is 8.27. The van der Waals surface area contributed by atoms with Gasteiger partial charge in [0.25, 0.3) is 0 Å². The van der Waals surface area contributed by atoms with Gasteiger partial charge < -0.3 is 10.7 Å². The van der Waals surface area contributed by atoms with Crippen LogP contribution in [0.3, 0.4) is 0 Å². The average molecular weight is 213 g/mol. The van der Waals surface area contributed by atoms with E-state index in [0.717, 1.165) is 16.9 Å². The lowest BCUT2D eigenvalue weighted by Crippen LogP contribution is -2.01. The number of nitrogens with zero attached hydrogens (tertiary/aromatic N) is 3. The number of anilines is 1. The molecule has 0 bridgehead atoms. The van der Waals surface area contributed by atoms with Gasteiger partial charge in [-0.1, -0.05) is 12.1 Å². The van der Waals surface area contributed by atoms with E-state index >= 15 is 0 Å². The van der Waals surface area contributed by atoms with Crippen LogP contribution in [-0.4, -0.2) is 19.7 Å². The number of nitrogens with one attached hydrogen (secondary N) is 1. The van der Waals surface area contributed by atoms with Crippen molar-refractivity contribution in [3.05, 3.63) is 42.5 Å². The third kappa shape index (κ3) is 1.52. The van der Waals surface area contributed by atoms with Gasteiger partial charge in [-0.15, -0.1) is 0 Å². The molecule has 0 fully saturated rings. The van der Waals surface area contributed by atoms with Gasteiger partial charge in [-0.2, -0.15) is 5.10 Å². The molecule has 0 saturated carbocycles. The van der Waals surface area contributed by atoms with Crippen LogP contribution in [-0.2, 0) is 6.54 Å². The van der Waals surface area contributed by atoms with Crippen LogP contribution in [0, 0.1) is 0 Å². The number of H-pyrrole nitrogens is 1. The molecule has 0 aliphatic carbocycles. The molecule has 0 saturated heterocycles. The Kier molecular flexibility index (Phi) is 1.89. The van der Waals surface area contributed by atoms with E-state index < -0.39 is 0 Å². The largest absolute Gasteiger partial charge is 0.396 e. The molecule has 3 rings (SSSR count). The molecule has 0 unspecified atom stereocenters. The van der Waals surface area contributed by atoms with Crippen LogP contribution < -0.4 is 5.73 Å². The summed E-state index contributed by atoms with van der Waals surface area (Å²) in [7, 11) is 0. The predicted molar refractivity (Wildman–Crippen MR) is 61.8 cm³/mol. The molecule has 0 radical (unpaired) electrons. The Hall–Kier alpha value is -2.30. The second-order valence-electron chi connectivity index (χ2n) is 3.67. The van der Waals surface area contributed by atoms with Crippen LogP contribution in [0.25, 0.3) is 11.0 Å². The summed E-state index contributed by atoms with van der Waals surface area (Å²) < 4.78 is 1.76. The highest BCUT2D eigenvalue weighted by Gasteiger charge is 2.03. The Morgan fingerprint density at radius 3 is 2.94 bits per heavy atom. The molecule has 0 spiro atoms. The molecule has 0 aliphatic heterocycles. The standard InChI is InChI=1S/C11H11N5/c12-8-5-13-16(6-8)7-11-14-9-3-1-2-4-10(9)15-11/h1-6H,7,12H2,(H,14,15). The fourth-order valence-electron chi connectivity index (χ4n) is 1.70. The van der Waals surface area contributed by atoms with Gasteiger partial charge in [-0.25, -0.2) is 4.98 Å². The van der Waals surface area contributed by atoms with Crippen LogP contribution in [0.5, 0.6) is 0 Å². The molecule has 0 amide bonds. The van der Waals surface area contributed by atoms with Crippen molar-refractivity contribution in [1.29, 1.82) is 0 Å². The first-order valence-electron chi connectivity index (χ1n) is 5.03. The number of nitrogens with two attached hydrogens (primary N) is 1. The highest BCUT2D eigenvalue weighted by atomic mass is 15.3. The molecule has 5 nitrogen and oxygen atoms in total. The summed E-state index contributed by atoms with van der Waals surface area (Å²) in [6, 6.07) is 7.94. The van der Waals surface area contributed by atoms with Crippen molar-refractivity contribution in [3.63, 3.8) is 0 Å². The summed E-state index contributed by atoms with van der Waals surface area (Å²) in [4.78, 5) is 7.70. The van der Waals surface area contributed by atoms with Gasteiger partial charge in [-0.3, -0.25) is 4.68 Å². The number of aromatic amines is 1. The van der Waals surface area contributed by atoms with Crippen molar-refractivity contribution < 1.29 is 0 Å². The molecule has 0 aliphatic rings. The van der Waals surface area contributed by atoms with Crippen molar-refractivity contribution in [2.75, 3.05) is 5.73 Å². The minimum atomic E-state index is 0.603. The quantitative estimate of drug-likeness (QED) is 0.675. The van der Waals surface area contributed by atoms with Crippen LogP contribution in [0.15, 0.2) is 36.7 Å². The van der Waals surface area contributed by atoms with Gasteiger partial charge in [0.15, 0.2) is 0 Å². The fourth-order valence-corrected chi connectivity index (χ4v) is 1.70. The fraction of sp³-hybridized carbons (Fsp3) is 0.0909. The molecule has 80 valence electrons. The first kappa shape index (κ1) is 8.96. The lowest BCUT2D eigenvalue weighted by Gasteiger charge is -1.95. The van der Waals surface area contributed by atoms with Crippen LogP contribution in [0.2, 0.25) is 0 Å². The molecular weight excluding hydrogens is 202 g/mol. The summed E-state index contributed by atoms with van der Waals surface area (Å²) >= 11 is 0. The Morgan fingerprint density at radius 2 is 2.19 bits per heavy atom. The molecule has 2 heterocycles. The summed E-state index contributed by atoms with van der Waals surface area (Å²) in [5, 5.41) is 4.11. The number of aromatic nitrogens is 4. The average Bonchev–Trinajstić information content (AvgIpc) is 2.84. The van der Waals surface area contributed by atoms with Crippen molar-refractivity contribution in [3.8, 4) is 0 Å². The van der Waals surface area contributed by atoms with E-state index in [1.807, 2.05) is 24.3 Å². The number of nitrogen functional groups attached to an aromatic ring is 1. The Morgan fingerprint density at radius 1 is 1.31 bits per heavy atom. The molecular formula is C11H11N5. The van der Waals surface area contributed by atoms with Crippen molar-refractivity contribution in [2.24, 2.45) is 0 Å². The third-order valence-corrected chi connectivity index (χ3v) is 2.40. The highest BCUT2D eigenvalue weighted by molar-refractivity contribution is 5.74. The van der Waals surface area contributed by atoms with E-state index in [-0.39, 0.29) is 0 Å². The van der Waals surface area contributed by atoms with Crippen LogP contribution in [0.4, 0.5) is 5.69 Å². The van der Waals surface area contributed by atoms with Crippen LogP contribution >= 0.6 is 0 Å². The van der Waals surface area contributed by atoms with E-state index in [0.29, 0.717) is 12.2 Å². The second-order valence-corrected chi connectivity index (χ2v) is 3.67. The van der Waals surface area contributed by atoms with Gasteiger partial charge in [0.1, 0.15) is 5.82 Å². The molecule has 3 aromatic rings. The maximum absolute atomic E-state index is 5.59. The molecule has 3 N–H and O–H groups in total. The van der Waals surface area contributed by atoms with E-state index in [1.165, 1.54) is 0 Å². The van der Waals surface area contributed by atoms with Gasteiger partial charge in [-0.05, 0) is 12.1 Å². The van der Waals surface area contributed by atoms with Gasteiger partial charge >= 0.3 is 0 Å². The van der Waals surface area contributed by atoms with E-state index in [2.05, 4.69) is 15.1 Å². The summed E-state index contributed by atoms with van der Waals surface area (Å²) in [6.07, 6.45) is 3.41. The number of benzene rings is 1. The normalized spacial score (nSPS) is 11.0. The number of para-hydroxylation sites is 2. The van der Waals surface area contributed by atoms with E-state index in [4.69, 9.17) is 5.73 Å². The van der Waals surface area contributed by atoms with Crippen LogP contribution in [0.1, 0.15) is 5.82 Å². The molecule has 1 aromatic carbocycles. The lowest BCUT2D eigenvalue weighted by molar-refractivity contribution is 0.663. The van der Waals surface area contributed by atoms with Gasteiger partial charge in [0.05, 0.1) is 29.5 Å². The zero-order valence-electron chi connectivity index (χ0n) is 8.59. The number of fused-ring (bicyclic) bond motifs is 1. The minimum Gasteiger partial charge on any atom is -0.396 e. The number of hydrogen-bond acceptors (Lipinski definition) is 3. The Bertz CT molecular complexity index is 589. The molecule has 16 heavy (non-hydrogen) atoms. The van der Waals surface area contributed by atoms with Crippen molar-refractivity contribution in [2.45, 2.75) is 6.54 Å². The maximum atomic E-state index is 5.59. The lowest BCUT2D eigenvalue weighted by atomic mass is 10.3. The monoisotopic (exact) mass is 213 g/mol. The number of hydrogen-bond donors (Lipinski definition) is 2. The third-order valence-electron chi connectivity index (χ3n) is 2.40. The minimum absolute atomic E-state index is 0.603. The van der Waals surface area contributed by atoms with Crippen molar-refractivity contribution in [1.82, 2.24) is 19.7 Å². The first-order valence-corrected chi connectivity index (χ1v) is 5.03. The first-order chi connectivity index (χ1) is 7.81. The Labute approximate surface area is 91.9 Å². The highest BCUT2D eigenvalue weighted by Crippen LogP contribution is 2.11. The number of rotatable bonds is 2. The zero-order chi connectivity index (χ0) is 11.0. The molecule has 0 atom stereocenters. The topological polar surface area (TPSA) is 72.5 Å². The van der Waals surface area contributed by atoms with E-state index in [1.54, 1.807) is 17.1 Å². The van der Waals surface area contributed by atoms with Gasteiger partial charge in [0.2, 0.25) is 0 Å². The maximum Gasteiger partial charge on any atom is 0.129 e. The Balaban J connectivity index is 1.95. The molecule has 5 heteroatoms. The van der Waals surface area contributed by atoms with E-state index in [9.17, 15) is 0 Å². The predicted octanol–water partition coefficient (Wildman–Crippen LogP) is 1.39.